The maximum atomic E-state index is 11.6. The highest BCUT2D eigenvalue weighted by molar-refractivity contribution is 7.17. The zero-order valence-electron chi connectivity index (χ0n) is 8.98. The minimum atomic E-state index is -0.457. The number of carbonyl (C=O) groups is 2. The fourth-order valence-corrected chi connectivity index (χ4v) is 1.65. The van der Waals surface area contributed by atoms with Gasteiger partial charge in [0.25, 0.3) is 5.91 Å². The van der Waals surface area contributed by atoms with E-state index in [0.717, 1.165) is 11.3 Å². The Morgan fingerprint density at radius 2 is 2.19 bits per heavy atom. The summed E-state index contributed by atoms with van der Waals surface area (Å²) in [6.45, 7) is 1.70. The van der Waals surface area contributed by atoms with Gasteiger partial charge in [0.2, 0.25) is 16.0 Å². The lowest BCUT2D eigenvalue weighted by atomic mass is 10.2. The van der Waals surface area contributed by atoms with Gasteiger partial charge in [-0.1, -0.05) is 11.3 Å². The molecule has 0 spiro atoms. The van der Waals surface area contributed by atoms with Crippen LogP contribution in [0.1, 0.15) is 23.1 Å². The van der Waals surface area contributed by atoms with Gasteiger partial charge in [-0.2, -0.15) is 0 Å². The fraction of sp³-hybridized carbons (Fsp3) is 0.500. The topological polar surface area (TPSA) is 110 Å². The minimum absolute atomic E-state index is 0.101. The second-order valence-corrected chi connectivity index (χ2v) is 4.18. The molecule has 0 aliphatic carbocycles. The Kier molecular flexibility index (Phi) is 4.18. The van der Waals surface area contributed by atoms with Gasteiger partial charge in [-0.05, 0) is 6.92 Å². The van der Waals surface area contributed by atoms with E-state index in [0.29, 0.717) is 5.13 Å². The van der Waals surface area contributed by atoms with Gasteiger partial charge < -0.3 is 16.4 Å². The fourth-order valence-electron chi connectivity index (χ4n) is 1.05. The number of primary amides is 1. The van der Waals surface area contributed by atoms with Crippen LogP contribution >= 0.6 is 11.3 Å². The molecule has 1 heterocycles. The number of aromatic nitrogens is 2. The van der Waals surface area contributed by atoms with Crippen molar-refractivity contribution in [1.82, 2.24) is 15.5 Å². The standard InChI is InChI=1S/C8H13N5O2S/c1-4(3-5(9)14)11-6(15)7-12-13-8(10-2)16-7/h4H,3H2,1-2H3,(H2,9,14)(H,10,13)(H,11,15). The van der Waals surface area contributed by atoms with E-state index in [9.17, 15) is 9.59 Å². The molecule has 0 aliphatic heterocycles. The van der Waals surface area contributed by atoms with Gasteiger partial charge >= 0.3 is 0 Å². The van der Waals surface area contributed by atoms with Crippen LogP contribution in [0, 0.1) is 0 Å². The molecular weight excluding hydrogens is 230 g/mol. The molecule has 8 heteroatoms. The lowest BCUT2D eigenvalue weighted by molar-refractivity contribution is -0.118. The molecular formula is C8H13N5O2S. The summed E-state index contributed by atoms with van der Waals surface area (Å²) >= 11 is 1.14. The molecule has 1 unspecified atom stereocenters. The van der Waals surface area contributed by atoms with E-state index >= 15 is 0 Å². The highest BCUT2D eigenvalue weighted by Crippen LogP contribution is 2.13. The van der Waals surface area contributed by atoms with Gasteiger partial charge in [-0.25, -0.2) is 0 Å². The smallest absolute Gasteiger partial charge is 0.282 e. The Morgan fingerprint density at radius 3 is 2.69 bits per heavy atom. The monoisotopic (exact) mass is 243 g/mol. The van der Waals surface area contributed by atoms with Gasteiger partial charge in [0.1, 0.15) is 0 Å². The van der Waals surface area contributed by atoms with Crippen LogP contribution in [0.15, 0.2) is 0 Å². The quantitative estimate of drug-likeness (QED) is 0.650. The predicted molar refractivity (Wildman–Crippen MR) is 60.2 cm³/mol. The van der Waals surface area contributed by atoms with E-state index in [1.165, 1.54) is 0 Å². The number of nitrogens with one attached hydrogen (secondary N) is 2. The number of anilines is 1. The third-order valence-corrected chi connectivity index (χ3v) is 2.66. The number of carbonyl (C=O) groups excluding carboxylic acids is 2. The summed E-state index contributed by atoms with van der Waals surface area (Å²) in [6.07, 6.45) is 0.101. The van der Waals surface area contributed by atoms with Crippen molar-refractivity contribution < 1.29 is 9.59 Å². The molecule has 1 aromatic heterocycles. The first-order chi connectivity index (χ1) is 7.52. The Hall–Kier alpha value is -1.70. The van der Waals surface area contributed by atoms with E-state index in [2.05, 4.69) is 20.8 Å². The molecule has 88 valence electrons. The largest absolute Gasteiger partial charge is 0.370 e. The van der Waals surface area contributed by atoms with Crippen LogP contribution in [0.3, 0.4) is 0 Å². The SMILES string of the molecule is CNc1nnc(C(=O)NC(C)CC(N)=O)s1. The minimum Gasteiger partial charge on any atom is -0.370 e. The van der Waals surface area contributed by atoms with Crippen molar-refractivity contribution in [1.29, 1.82) is 0 Å². The van der Waals surface area contributed by atoms with Crippen molar-refractivity contribution in [3.05, 3.63) is 5.01 Å². The van der Waals surface area contributed by atoms with E-state index < -0.39 is 5.91 Å². The summed E-state index contributed by atoms with van der Waals surface area (Å²) in [5.74, 6) is -0.811. The van der Waals surface area contributed by atoms with Gasteiger partial charge in [-0.3, -0.25) is 9.59 Å². The molecule has 1 rings (SSSR count). The van der Waals surface area contributed by atoms with E-state index in [4.69, 9.17) is 5.73 Å². The Labute approximate surface area is 96.4 Å². The third-order valence-electron chi connectivity index (χ3n) is 1.72. The Morgan fingerprint density at radius 1 is 1.50 bits per heavy atom. The highest BCUT2D eigenvalue weighted by Gasteiger charge is 2.15. The van der Waals surface area contributed by atoms with Crippen LogP contribution in [-0.2, 0) is 4.79 Å². The Bertz CT molecular complexity index is 392. The maximum absolute atomic E-state index is 11.6. The molecule has 16 heavy (non-hydrogen) atoms. The van der Waals surface area contributed by atoms with Crippen LogP contribution in [0.5, 0.6) is 0 Å². The number of amides is 2. The van der Waals surface area contributed by atoms with E-state index in [1.54, 1.807) is 14.0 Å². The van der Waals surface area contributed by atoms with Crippen LogP contribution < -0.4 is 16.4 Å². The van der Waals surface area contributed by atoms with Crippen molar-refractivity contribution in [3.63, 3.8) is 0 Å². The van der Waals surface area contributed by atoms with Crippen molar-refractivity contribution in [2.24, 2.45) is 5.73 Å². The predicted octanol–water partition coefficient (Wildman–Crippen LogP) is -0.427. The van der Waals surface area contributed by atoms with Gasteiger partial charge in [0.05, 0.1) is 0 Å². The summed E-state index contributed by atoms with van der Waals surface area (Å²) < 4.78 is 0. The van der Waals surface area contributed by atoms with Crippen LogP contribution in [0.25, 0.3) is 0 Å². The summed E-state index contributed by atoms with van der Waals surface area (Å²) in [4.78, 5) is 22.2. The van der Waals surface area contributed by atoms with Gasteiger partial charge in [-0.15, -0.1) is 10.2 Å². The van der Waals surface area contributed by atoms with Gasteiger partial charge in [0.15, 0.2) is 0 Å². The average molecular weight is 243 g/mol. The molecule has 4 N–H and O–H groups in total. The van der Waals surface area contributed by atoms with Crippen LogP contribution in [0.4, 0.5) is 5.13 Å². The zero-order valence-corrected chi connectivity index (χ0v) is 9.80. The van der Waals surface area contributed by atoms with Crippen molar-refractivity contribution >= 4 is 28.3 Å². The summed E-state index contributed by atoms with van der Waals surface area (Å²) in [6, 6.07) is -0.313. The van der Waals surface area contributed by atoms with Crippen molar-refractivity contribution in [3.8, 4) is 0 Å². The number of hydrogen-bond acceptors (Lipinski definition) is 6. The zero-order chi connectivity index (χ0) is 12.1. The maximum Gasteiger partial charge on any atom is 0.282 e. The second kappa shape index (κ2) is 5.40. The third kappa shape index (κ3) is 3.46. The summed E-state index contributed by atoms with van der Waals surface area (Å²) in [5.41, 5.74) is 5.01. The molecule has 0 fully saturated rings. The molecule has 1 atom stereocenters. The molecule has 0 aliphatic rings. The van der Waals surface area contributed by atoms with Crippen LogP contribution in [-0.4, -0.2) is 35.1 Å². The normalized spacial score (nSPS) is 11.9. The molecule has 0 aromatic carbocycles. The number of nitrogens with zero attached hydrogens (tertiary/aromatic N) is 2. The molecule has 0 saturated carbocycles. The first-order valence-corrected chi connectivity index (χ1v) is 5.45. The van der Waals surface area contributed by atoms with Gasteiger partial charge in [0, 0.05) is 19.5 Å². The number of nitrogens with two attached hydrogens (primary N) is 1. The molecule has 2 amide bonds. The van der Waals surface area contributed by atoms with Crippen LogP contribution in [0.2, 0.25) is 0 Å². The van der Waals surface area contributed by atoms with Crippen molar-refractivity contribution in [2.45, 2.75) is 19.4 Å². The number of rotatable bonds is 5. The second-order valence-electron chi connectivity index (χ2n) is 3.21. The number of hydrogen-bond donors (Lipinski definition) is 3. The lowest BCUT2D eigenvalue weighted by Gasteiger charge is -2.09. The average Bonchev–Trinajstić information content (AvgIpc) is 2.64. The van der Waals surface area contributed by atoms with Crippen molar-refractivity contribution in [2.75, 3.05) is 12.4 Å². The first-order valence-electron chi connectivity index (χ1n) is 4.63. The lowest BCUT2D eigenvalue weighted by Crippen LogP contribution is -2.35. The summed E-state index contributed by atoms with van der Waals surface area (Å²) in [7, 11) is 1.69. The van der Waals surface area contributed by atoms with E-state index in [1.807, 2.05) is 0 Å². The van der Waals surface area contributed by atoms with E-state index in [-0.39, 0.29) is 23.4 Å². The Balaban J connectivity index is 2.54. The first kappa shape index (κ1) is 12.4. The molecule has 7 nitrogen and oxygen atoms in total. The molecule has 0 radical (unpaired) electrons. The summed E-state index contributed by atoms with van der Waals surface area (Å²) in [5, 5.41) is 13.6. The molecule has 0 saturated heterocycles. The molecule has 0 bridgehead atoms. The highest BCUT2D eigenvalue weighted by atomic mass is 32.1. The molecule has 1 aromatic rings.